The quantitative estimate of drug-likeness (QED) is 0.513. The number of nitrogens with zero attached hydrogens (tertiary/aromatic N) is 5. The van der Waals surface area contributed by atoms with Gasteiger partial charge in [0.2, 0.25) is 5.91 Å². The molecule has 4 heterocycles. The van der Waals surface area contributed by atoms with Crippen LogP contribution in [0.15, 0.2) is 34.6 Å². The topological polar surface area (TPSA) is 86.2 Å². The standard InChI is InChI=1S/C18H20N6O2S/c1-12-4-8-22(20-12)7-3-6-19-17(25)11-23-18(26)15-10-16-14(5-9-27-16)24(15)13(2)21-23/h4-5,8-10H,3,6-7,11H2,1-2H3,(H,19,25). The van der Waals surface area contributed by atoms with Crippen molar-refractivity contribution in [2.45, 2.75) is 33.4 Å². The van der Waals surface area contributed by atoms with Gasteiger partial charge in [-0.2, -0.15) is 10.2 Å². The summed E-state index contributed by atoms with van der Waals surface area (Å²) in [6, 6.07) is 5.78. The van der Waals surface area contributed by atoms with Gasteiger partial charge < -0.3 is 5.32 Å². The van der Waals surface area contributed by atoms with E-state index in [0.717, 1.165) is 28.9 Å². The first-order valence-electron chi connectivity index (χ1n) is 8.76. The van der Waals surface area contributed by atoms with Crippen molar-refractivity contribution in [1.82, 2.24) is 29.3 Å². The second-order valence-corrected chi connectivity index (χ2v) is 7.42. The number of hydrogen-bond acceptors (Lipinski definition) is 5. The summed E-state index contributed by atoms with van der Waals surface area (Å²) in [4.78, 5) is 24.9. The molecule has 0 unspecified atom stereocenters. The van der Waals surface area contributed by atoms with Gasteiger partial charge in [0.1, 0.15) is 17.9 Å². The first kappa shape index (κ1) is 17.5. The molecule has 4 aromatic rings. The normalized spacial score (nSPS) is 11.5. The van der Waals surface area contributed by atoms with E-state index in [2.05, 4.69) is 15.5 Å². The summed E-state index contributed by atoms with van der Waals surface area (Å²) >= 11 is 1.58. The Balaban J connectivity index is 1.42. The van der Waals surface area contributed by atoms with Crippen LogP contribution < -0.4 is 10.9 Å². The number of nitrogens with one attached hydrogen (secondary N) is 1. The third-order valence-electron chi connectivity index (χ3n) is 4.42. The van der Waals surface area contributed by atoms with Crippen molar-refractivity contribution in [2.75, 3.05) is 6.54 Å². The fourth-order valence-corrected chi connectivity index (χ4v) is 3.99. The number of carbonyl (C=O) groups is 1. The molecular weight excluding hydrogens is 364 g/mol. The minimum atomic E-state index is -0.258. The van der Waals surface area contributed by atoms with Crippen molar-refractivity contribution in [2.24, 2.45) is 0 Å². The van der Waals surface area contributed by atoms with Crippen LogP contribution in [0.25, 0.3) is 15.7 Å². The highest BCUT2D eigenvalue weighted by molar-refractivity contribution is 7.17. The number of fused-ring (bicyclic) bond motifs is 3. The van der Waals surface area contributed by atoms with E-state index in [1.165, 1.54) is 4.68 Å². The summed E-state index contributed by atoms with van der Waals surface area (Å²) in [5.41, 5.74) is 2.24. The first-order valence-corrected chi connectivity index (χ1v) is 9.64. The molecule has 1 N–H and O–H groups in total. The zero-order valence-electron chi connectivity index (χ0n) is 15.2. The van der Waals surface area contributed by atoms with Gasteiger partial charge in [-0.25, -0.2) is 4.68 Å². The molecule has 27 heavy (non-hydrogen) atoms. The van der Waals surface area contributed by atoms with Gasteiger partial charge in [-0.05, 0) is 43.8 Å². The number of carbonyl (C=O) groups excluding carboxylic acids is 1. The molecule has 0 spiro atoms. The molecular formula is C18H20N6O2S. The second-order valence-electron chi connectivity index (χ2n) is 6.47. The number of aryl methyl sites for hydroxylation is 3. The molecule has 0 radical (unpaired) electrons. The van der Waals surface area contributed by atoms with Gasteiger partial charge in [-0.1, -0.05) is 0 Å². The fraction of sp³-hybridized carbons (Fsp3) is 0.333. The summed E-state index contributed by atoms with van der Waals surface area (Å²) in [5, 5.41) is 13.5. The van der Waals surface area contributed by atoms with Crippen molar-refractivity contribution < 1.29 is 4.79 Å². The molecule has 0 aliphatic carbocycles. The van der Waals surface area contributed by atoms with E-state index in [1.54, 1.807) is 11.3 Å². The van der Waals surface area contributed by atoms with Crippen LogP contribution in [-0.2, 0) is 17.9 Å². The highest BCUT2D eigenvalue weighted by Crippen LogP contribution is 2.24. The van der Waals surface area contributed by atoms with E-state index in [0.29, 0.717) is 17.9 Å². The largest absolute Gasteiger partial charge is 0.354 e. The summed E-state index contributed by atoms with van der Waals surface area (Å²) in [7, 11) is 0. The Morgan fingerprint density at radius 3 is 2.85 bits per heavy atom. The number of thiophene rings is 1. The summed E-state index contributed by atoms with van der Waals surface area (Å²) in [6.45, 7) is 4.95. The molecule has 8 nitrogen and oxygen atoms in total. The predicted octanol–water partition coefficient (Wildman–Crippen LogP) is 1.73. The van der Waals surface area contributed by atoms with Gasteiger partial charge in [0.05, 0.1) is 15.9 Å². The monoisotopic (exact) mass is 384 g/mol. The van der Waals surface area contributed by atoms with Crippen LogP contribution >= 0.6 is 11.3 Å². The van der Waals surface area contributed by atoms with Crippen LogP contribution in [0.1, 0.15) is 17.9 Å². The lowest BCUT2D eigenvalue weighted by Crippen LogP contribution is -2.35. The average Bonchev–Trinajstić information content (AvgIpc) is 3.32. The van der Waals surface area contributed by atoms with E-state index < -0.39 is 0 Å². The Hall–Kier alpha value is -2.94. The van der Waals surface area contributed by atoms with Gasteiger partial charge >= 0.3 is 0 Å². The van der Waals surface area contributed by atoms with Gasteiger partial charge in [0, 0.05) is 19.3 Å². The smallest absolute Gasteiger partial charge is 0.291 e. The van der Waals surface area contributed by atoms with Crippen LogP contribution in [0.4, 0.5) is 0 Å². The first-order chi connectivity index (χ1) is 13.0. The summed E-state index contributed by atoms with van der Waals surface area (Å²) in [5.74, 6) is 0.457. The fourth-order valence-electron chi connectivity index (χ4n) is 3.18. The Bertz CT molecular complexity index is 1180. The van der Waals surface area contributed by atoms with Gasteiger partial charge in [-0.3, -0.25) is 18.7 Å². The Morgan fingerprint density at radius 2 is 2.07 bits per heavy atom. The van der Waals surface area contributed by atoms with Crippen LogP contribution in [0.3, 0.4) is 0 Å². The molecule has 0 aliphatic heterocycles. The van der Waals surface area contributed by atoms with Crippen molar-refractivity contribution in [1.29, 1.82) is 0 Å². The molecule has 140 valence electrons. The minimum absolute atomic E-state index is 0.0874. The molecule has 1 amide bonds. The molecule has 9 heteroatoms. The summed E-state index contributed by atoms with van der Waals surface area (Å²) in [6.07, 6.45) is 2.68. The van der Waals surface area contributed by atoms with Gasteiger partial charge in [-0.15, -0.1) is 11.3 Å². The van der Waals surface area contributed by atoms with E-state index in [4.69, 9.17) is 0 Å². The van der Waals surface area contributed by atoms with Crippen molar-refractivity contribution in [3.05, 3.63) is 51.6 Å². The maximum absolute atomic E-state index is 12.7. The zero-order valence-corrected chi connectivity index (χ0v) is 16.0. The zero-order chi connectivity index (χ0) is 19.0. The number of rotatable bonds is 6. The highest BCUT2D eigenvalue weighted by atomic mass is 32.1. The molecule has 4 aromatic heterocycles. The molecule has 0 aliphatic rings. The van der Waals surface area contributed by atoms with E-state index in [9.17, 15) is 9.59 Å². The molecule has 0 saturated carbocycles. The van der Waals surface area contributed by atoms with Crippen LogP contribution in [0.2, 0.25) is 0 Å². The number of amides is 1. The Labute approximate surface area is 159 Å². The summed E-state index contributed by atoms with van der Waals surface area (Å²) < 4.78 is 5.96. The maximum Gasteiger partial charge on any atom is 0.291 e. The lowest BCUT2D eigenvalue weighted by atomic mass is 10.4. The molecule has 0 bridgehead atoms. The predicted molar refractivity (Wildman–Crippen MR) is 104 cm³/mol. The van der Waals surface area contributed by atoms with Crippen LogP contribution in [0, 0.1) is 13.8 Å². The molecule has 0 fully saturated rings. The molecule has 0 aromatic carbocycles. The minimum Gasteiger partial charge on any atom is -0.354 e. The SMILES string of the molecule is Cc1ccn(CCCNC(=O)Cn2nc(C)n3c(cc4sccc43)c2=O)n1. The molecule has 0 atom stereocenters. The van der Waals surface area contributed by atoms with Crippen LogP contribution in [-0.4, -0.2) is 36.4 Å². The van der Waals surface area contributed by atoms with E-state index in [1.807, 2.05) is 52.7 Å². The third kappa shape index (κ3) is 3.37. The number of aromatic nitrogens is 5. The van der Waals surface area contributed by atoms with Gasteiger partial charge in [0.25, 0.3) is 5.56 Å². The average molecular weight is 384 g/mol. The maximum atomic E-state index is 12.7. The number of hydrogen-bond donors (Lipinski definition) is 1. The second kappa shape index (κ2) is 6.99. The lowest BCUT2D eigenvalue weighted by molar-refractivity contribution is -0.121. The molecule has 4 rings (SSSR count). The Morgan fingerprint density at radius 1 is 1.22 bits per heavy atom. The van der Waals surface area contributed by atoms with Crippen molar-refractivity contribution in [3.63, 3.8) is 0 Å². The van der Waals surface area contributed by atoms with Crippen molar-refractivity contribution in [3.8, 4) is 0 Å². The van der Waals surface area contributed by atoms with E-state index in [-0.39, 0.29) is 18.0 Å². The van der Waals surface area contributed by atoms with E-state index >= 15 is 0 Å². The van der Waals surface area contributed by atoms with Crippen LogP contribution in [0.5, 0.6) is 0 Å². The lowest BCUT2D eigenvalue weighted by Gasteiger charge is -2.09. The Kier molecular flexibility index (Phi) is 4.53. The van der Waals surface area contributed by atoms with Gasteiger partial charge in [0.15, 0.2) is 0 Å². The highest BCUT2D eigenvalue weighted by Gasteiger charge is 2.14. The third-order valence-corrected chi connectivity index (χ3v) is 5.27. The van der Waals surface area contributed by atoms with Crippen molar-refractivity contribution >= 4 is 33.0 Å². The molecule has 0 saturated heterocycles.